The Balaban J connectivity index is 1.83. The van der Waals surface area contributed by atoms with Gasteiger partial charge in [-0.15, -0.1) is 0 Å². The Hall–Kier alpha value is -1.57. The zero-order chi connectivity index (χ0) is 11.5. The van der Waals surface area contributed by atoms with Crippen molar-refractivity contribution in [2.75, 3.05) is 0 Å². The first-order chi connectivity index (χ1) is 8.43. The van der Waals surface area contributed by atoms with Gasteiger partial charge < -0.3 is 4.52 Å². The van der Waals surface area contributed by atoms with Gasteiger partial charge in [-0.25, -0.2) is 0 Å². The topological polar surface area (TPSA) is 26.0 Å². The van der Waals surface area contributed by atoms with Gasteiger partial charge in [-0.1, -0.05) is 54.8 Å². The summed E-state index contributed by atoms with van der Waals surface area (Å²) in [6.45, 7) is 0. The molecule has 0 radical (unpaired) electrons. The first kappa shape index (κ1) is 10.6. The quantitative estimate of drug-likeness (QED) is 0.760. The molecule has 1 heterocycles. The maximum atomic E-state index is 5.45. The highest BCUT2D eigenvalue weighted by Crippen LogP contribution is 2.33. The number of hydrogen-bond donors (Lipinski definition) is 0. The van der Waals surface area contributed by atoms with Gasteiger partial charge in [0.25, 0.3) is 0 Å². The van der Waals surface area contributed by atoms with Crippen LogP contribution in [0.2, 0.25) is 0 Å². The second kappa shape index (κ2) is 4.74. The molecule has 0 spiro atoms. The van der Waals surface area contributed by atoms with Crippen molar-refractivity contribution in [3.8, 4) is 11.3 Å². The van der Waals surface area contributed by atoms with E-state index < -0.39 is 0 Å². The summed E-state index contributed by atoms with van der Waals surface area (Å²) >= 11 is 0. The molecule has 3 rings (SSSR count). The van der Waals surface area contributed by atoms with E-state index >= 15 is 0 Å². The predicted octanol–water partition coefficient (Wildman–Crippen LogP) is 4.39. The fraction of sp³-hybridized carbons (Fsp3) is 0.400. The molecule has 1 aromatic heterocycles. The maximum Gasteiger partial charge on any atom is 0.167 e. The van der Waals surface area contributed by atoms with Crippen molar-refractivity contribution in [1.82, 2.24) is 5.16 Å². The van der Waals surface area contributed by atoms with E-state index in [1.54, 1.807) is 0 Å². The SMILES string of the molecule is c1ccc(-c2cc(C3CCCCC3)no2)cc1. The Morgan fingerprint density at radius 2 is 1.76 bits per heavy atom. The van der Waals surface area contributed by atoms with Crippen molar-refractivity contribution >= 4 is 0 Å². The van der Waals surface area contributed by atoms with Gasteiger partial charge in [-0.05, 0) is 12.8 Å². The summed E-state index contributed by atoms with van der Waals surface area (Å²) in [5.41, 5.74) is 2.26. The van der Waals surface area contributed by atoms with Gasteiger partial charge in [0, 0.05) is 17.5 Å². The molecule has 1 saturated carbocycles. The lowest BCUT2D eigenvalue weighted by Gasteiger charge is -2.18. The molecule has 17 heavy (non-hydrogen) atoms. The van der Waals surface area contributed by atoms with E-state index in [0.29, 0.717) is 5.92 Å². The van der Waals surface area contributed by atoms with Crippen molar-refractivity contribution in [2.24, 2.45) is 0 Å². The lowest BCUT2D eigenvalue weighted by atomic mass is 9.87. The highest BCUT2D eigenvalue weighted by molar-refractivity contribution is 5.57. The van der Waals surface area contributed by atoms with E-state index in [1.807, 2.05) is 18.2 Å². The largest absolute Gasteiger partial charge is 0.356 e. The Morgan fingerprint density at radius 3 is 2.53 bits per heavy atom. The minimum atomic E-state index is 0.616. The van der Waals surface area contributed by atoms with Crippen LogP contribution in [0.4, 0.5) is 0 Å². The monoisotopic (exact) mass is 227 g/mol. The molecule has 88 valence electrons. The summed E-state index contributed by atoms with van der Waals surface area (Å²) in [6.07, 6.45) is 6.57. The number of rotatable bonds is 2. The molecule has 2 nitrogen and oxygen atoms in total. The molecule has 2 aromatic rings. The van der Waals surface area contributed by atoms with E-state index in [4.69, 9.17) is 4.52 Å². The molecule has 1 aliphatic rings. The van der Waals surface area contributed by atoms with Gasteiger partial charge in [-0.3, -0.25) is 0 Å². The molecular formula is C15H17NO. The van der Waals surface area contributed by atoms with E-state index in [-0.39, 0.29) is 0 Å². The zero-order valence-corrected chi connectivity index (χ0v) is 9.93. The molecule has 0 saturated heterocycles. The van der Waals surface area contributed by atoms with Gasteiger partial charge in [-0.2, -0.15) is 0 Å². The molecule has 1 aromatic carbocycles. The molecule has 0 N–H and O–H groups in total. The standard InChI is InChI=1S/C15H17NO/c1-3-7-12(8-4-1)14-11-15(17-16-14)13-9-5-2-6-10-13/h2,5-6,9-12H,1,3-4,7-8H2. The minimum absolute atomic E-state index is 0.616. The Morgan fingerprint density at radius 1 is 1.00 bits per heavy atom. The highest BCUT2D eigenvalue weighted by Gasteiger charge is 2.19. The summed E-state index contributed by atoms with van der Waals surface area (Å²) in [5.74, 6) is 1.51. The summed E-state index contributed by atoms with van der Waals surface area (Å²) < 4.78 is 5.45. The molecule has 0 atom stereocenters. The second-order valence-electron chi connectivity index (χ2n) is 4.82. The third-order valence-electron chi connectivity index (χ3n) is 3.61. The van der Waals surface area contributed by atoms with Crippen LogP contribution in [-0.4, -0.2) is 5.16 Å². The molecule has 1 fully saturated rings. The third kappa shape index (κ3) is 2.26. The van der Waals surface area contributed by atoms with Crippen LogP contribution < -0.4 is 0 Å². The average molecular weight is 227 g/mol. The third-order valence-corrected chi connectivity index (χ3v) is 3.61. The summed E-state index contributed by atoms with van der Waals surface area (Å²) in [6, 6.07) is 12.3. The van der Waals surface area contributed by atoms with Gasteiger partial charge in [0.1, 0.15) is 0 Å². The molecule has 1 aliphatic carbocycles. The number of benzene rings is 1. The van der Waals surface area contributed by atoms with E-state index in [1.165, 1.54) is 32.1 Å². The van der Waals surface area contributed by atoms with Crippen molar-refractivity contribution in [3.63, 3.8) is 0 Å². The fourth-order valence-electron chi connectivity index (χ4n) is 2.62. The van der Waals surface area contributed by atoms with Gasteiger partial charge >= 0.3 is 0 Å². The van der Waals surface area contributed by atoms with Crippen LogP contribution in [0.25, 0.3) is 11.3 Å². The van der Waals surface area contributed by atoms with Gasteiger partial charge in [0.2, 0.25) is 0 Å². The van der Waals surface area contributed by atoms with Crippen molar-refractivity contribution in [3.05, 3.63) is 42.1 Å². The van der Waals surface area contributed by atoms with Crippen LogP contribution in [0.5, 0.6) is 0 Å². The predicted molar refractivity (Wildman–Crippen MR) is 67.8 cm³/mol. The number of aromatic nitrogens is 1. The van der Waals surface area contributed by atoms with Crippen LogP contribution in [0.15, 0.2) is 40.9 Å². The second-order valence-corrected chi connectivity index (χ2v) is 4.82. The normalized spacial score (nSPS) is 17.2. The van der Waals surface area contributed by atoms with Crippen LogP contribution in [0, 0.1) is 0 Å². The molecule has 0 bridgehead atoms. The summed E-state index contributed by atoms with van der Waals surface area (Å²) in [4.78, 5) is 0. The van der Waals surface area contributed by atoms with Crippen LogP contribution in [0.3, 0.4) is 0 Å². The van der Waals surface area contributed by atoms with Gasteiger partial charge in [0.05, 0.1) is 5.69 Å². The van der Waals surface area contributed by atoms with E-state index in [0.717, 1.165) is 17.0 Å². The van der Waals surface area contributed by atoms with Crippen molar-refractivity contribution in [2.45, 2.75) is 38.0 Å². The van der Waals surface area contributed by atoms with Crippen LogP contribution in [-0.2, 0) is 0 Å². The van der Waals surface area contributed by atoms with Crippen LogP contribution in [0.1, 0.15) is 43.7 Å². The first-order valence-corrected chi connectivity index (χ1v) is 6.45. The highest BCUT2D eigenvalue weighted by atomic mass is 16.5. The Bertz CT molecular complexity index is 469. The Kier molecular flexibility index (Phi) is 2.95. The van der Waals surface area contributed by atoms with Crippen molar-refractivity contribution < 1.29 is 4.52 Å². The van der Waals surface area contributed by atoms with E-state index in [2.05, 4.69) is 23.4 Å². The summed E-state index contributed by atoms with van der Waals surface area (Å²) in [5, 5.41) is 4.24. The lowest BCUT2D eigenvalue weighted by molar-refractivity contribution is 0.386. The number of hydrogen-bond acceptors (Lipinski definition) is 2. The molecule has 2 heteroatoms. The van der Waals surface area contributed by atoms with Crippen molar-refractivity contribution in [1.29, 1.82) is 0 Å². The maximum absolute atomic E-state index is 5.45. The molecule has 0 aliphatic heterocycles. The molecule has 0 amide bonds. The molecular weight excluding hydrogens is 210 g/mol. The van der Waals surface area contributed by atoms with E-state index in [9.17, 15) is 0 Å². The smallest absolute Gasteiger partial charge is 0.167 e. The minimum Gasteiger partial charge on any atom is -0.356 e. The average Bonchev–Trinajstić information content (AvgIpc) is 2.90. The molecule has 0 unspecified atom stereocenters. The van der Waals surface area contributed by atoms with Crippen LogP contribution >= 0.6 is 0 Å². The summed E-state index contributed by atoms with van der Waals surface area (Å²) in [7, 11) is 0. The lowest BCUT2D eigenvalue weighted by Crippen LogP contribution is -2.04. The fourth-order valence-corrected chi connectivity index (χ4v) is 2.62. The number of nitrogens with zero attached hydrogens (tertiary/aromatic N) is 1. The van der Waals surface area contributed by atoms with Gasteiger partial charge in [0.15, 0.2) is 5.76 Å². The Labute approximate surface area is 102 Å². The first-order valence-electron chi connectivity index (χ1n) is 6.45. The zero-order valence-electron chi connectivity index (χ0n) is 9.93.